The second-order valence-corrected chi connectivity index (χ2v) is 5.43. The summed E-state index contributed by atoms with van der Waals surface area (Å²) in [7, 11) is 3.82. The van der Waals surface area contributed by atoms with Gasteiger partial charge in [-0.1, -0.05) is 30.4 Å². The smallest absolute Gasteiger partial charge is 0.170 e. The Kier molecular flexibility index (Phi) is 4.85. The highest BCUT2D eigenvalue weighted by atomic mass is 16.5. The Hall–Kier alpha value is -2.44. The zero-order chi connectivity index (χ0) is 16.1. The number of hydrogen-bond donors (Lipinski definition) is 2. The molecule has 0 spiro atoms. The van der Waals surface area contributed by atoms with Crippen molar-refractivity contribution in [3.63, 3.8) is 0 Å². The number of likely N-dealkylation sites (N-methyl/N-ethyl adjacent to an activating group) is 1. The van der Waals surface area contributed by atoms with Gasteiger partial charge in [-0.3, -0.25) is 20.7 Å². The molecule has 1 aliphatic carbocycles. The monoisotopic (exact) mass is 311 g/mol. The van der Waals surface area contributed by atoms with Crippen LogP contribution in [0.1, 0.15) is 5.69 Å². The molecule has 1 unspecified atom stereocenters. The van der Waals surface area contributed by atoms with Crippen molar-refractivity contribution < 1.29 is 4.74 Å². The average Bonchev–Trinajstić information content (AvgIpc) is 2.85. The van der Waals surface area contributed by atoms with E-state index in [2.05, 4.69) is 63.1 Å². The largest absolute Gasteiger partial charge is 0.383 e. The van der Waals surface area contributed by atoms with E-state index in [9.17, 15) is 0 Å². The molecule has 6 heteroatoms. The van der Waals surface area contributed by atoms with Crippen molar-refractivity contribution in [3.05, 3.63) is 59.7 Å². The summed E-state index contributed by atoms with van der Waals surface area (Å²) in [5.74, 6) is 0.738. The Morgan fingerprint density at radius 3 is 2.96 bits per heavy atom. The number of aromatic nitrogens is 2. The van der Waals surface area contributed by atoms with Crippen LogP contribution in [-0.2, 0) is 4.74 Å². The van der Waals surface area contributed by atoms with Gasteiger partial charge in [-0.2, -0.15) is 0 Å². The molecular formula is C17H21N5O. The molecule has 6 nitrogen and oxygen atoms in total. The number of allylic oxidation sites excluding steroid dienone is 3. The Morgan fingerprint density at radius 1 is 1.22 bits per heavy atom. The lowest BCUT2D eigenvalue weighted by atomic mass is 10.1. The van der Waals surface area contributed by atoms with E-state index in [-0.39, 0.29) is 6.04 Å². The van der Waals surface area contributed by atoms with Gasteiger partial charge in [-0.15, -0.1) is 0 Å². The zero-order valence-corrected chi connectivity index (χ0v) is 13.4. The van der Waals surface area contributed by atoms with Crippen LogP contribution in [0.15, 0.2) is 54.0 Å². The molecule has 2 heterocycles. The third-order valence-corrected chi connectivity index (χ3v) is 3.85. The van der Waals surface area contributed by atoms with Gasteiger partial charge in [0.2, 0.25) is 0 Å². The summed E-state index contributed by atoms with van der Waals surface area (Å²) in [4.78, 5) is 10.8. The molecule has 0 amide bonds. The average molecular weight is 311 g/mol. The molecule has 0 radical (unpaired) electrons. The van der Waals surface area contributed by atoms with Crippen molar-refractivity contribution in [3.8, 4) is 0 Å². The molecule has 2 N–H and O–H groups in total. The maximum absolute atomic E-state index is 5.14. The Morgan fingerprint density at radius 2 is 2.09 bits per heavy atom. The third-order valence-electron chi connectivity index (χ3n) is 3.85. The predicted molar refractivity (Wildman–Crippen MR) is 91.4 cm³/mol. The summed E-state index contributed by atoms with van der Waals surface area (Å²) in [5, 5.41) is 0. The number of ether oxygens (including phenoxy) is 1. The molecule has 1 atom stereocenters. The number of methoxy groups -OCH3 is 1. The number of nitrogens with one attached hydrogen (secondary N) is 2. The second kappa shape index (κ2) is 7.21. The normalized spacial score (nSPS) is 19.3. The molecule has 23 heavy (non-hydrogen) atoms. The molecule has 3 rings (SSSR count). The van der Waals surface area contributed by atoms with Gasteiger partial charge in [0.05, 0.1) is 12.3 Å². The van der Waals surface area contributed by atoms with Gasteiger partial charge in [-0.05, 0) is 18.7 Å². The van der Waals surface area contributed by atoms with Crippen LogP contribution in [0.25, 0.3) is 6.08 Å². The van der Waals surface area contributed by atoms with E-state index in [0.29, 0.717) is 0 Å². The molecule has 0 saturated heterocycles. The number of fused-ring (bicyclic) bond motifs is 1. The summed E-state index contributed by atoms with van der Waals surface area (Å²) in [5.41, 5.74) is 9.14. The van der Waals surface area contributed by atoms with Crippen molar-refractivity contribution in [2.24, 2.45) is 0 Å². The van der Waals surface area contributed by atoms with E-state index >= 15 is 0 Å². The molecule has 0 saturated carbocycles. The van der Waals surface area contributed by atoms with Gasteiger partial charge in [-0.25, -0.2) is 4.98 Å². The fraction of sp³-hybridized carbons (Fsp3) is 0.294. The minimum atomic E-state index is 0.253. The van der Waals surface area contributed by atoms with Crippen LogP contribution >= 0.6 is 0 Å². The number of anilines is 1. The number of hydrogen-bond acceptors (Lipinski definition) is 6. The predicted octanol–water partition coefficient (Wildman–Crippen LogP) is 1.75. The standard InChI is InChI=1S/C17H21N5O/c1-22(10-11-23-2)14-5-3-4-13(6-7-14)15-12-16-17(21-20-15)19-9-8-18-16/h3-9,12,14,20H,10-11H2,1-2H3,(H,19,21). The first kappa shape index (κ1) is 15.5. The molecule has 0 bridgehead atoms. The van der Waals surface area contributed by atoms with Crippen LogP contribution in [0.4, 0.5) is 5.82 Å². The first-order chi connectivity index (χ1) is 11.3. The summed E-state index contributed by atoms with van der Waals surface area (Å²) in [6.45, 7) is 1.61. The van der Waals surface area contributed by atoms with E-state index in [1.54, 1.807) is 19.5 Å². The van der Waals surface area contributed by atoms with E-state index in [1.165, 1.54) is 0 Å². The highest BCUT2D eigenvalue weighted by Crippen LogP contribution is 2.22. The molecule has 0 fully saturated rings. The number of rotatable bonds is 5. The maximum Gasteiger partial charge on any atom is 0.170 e. The van der Waals surface area contributed by atoms with E-state index in [0.717, 1.165) is 35.9 Å². The number of nitrogens with zero attached hydrogens (tertiary/aromatic N) is 3. The summed E-state index contributed by atoms with van der Waals surface area (Å²) < 4.78 is 5.14. The van der Waals surface area contributed by atoms with Crippen molar-refractivity contribution in [1.29, 1.82) is 0 Å². The van der Waals surface area contributed by atoms with Crippen molar-refractivity contribution >= 4 is 11.9 Å². The molecule has 1 aromatic rings. The fourth-order valence-corrected chi connectivity index (χ4v) is 2.46. The third kappa shape index (κ3) is 3.67. The molecule has 0 aromatic carbocycles. The van der Waals surface area contributed by atoms with Crippen LogP contribution in [0.3, 0.4) is 0 Å². The minimum absolute atomic E-state index is 0.253. The van der Waals surface area contributed by atoms with E-state index in [4.69, 9.17) is 4.74 Å². The van der Waals surface area contributed by atoms with Gasteiger partial charge < -0.3 is 4.74 Å². The van der Waals surface area contributed by atoms with Crippen molar-refractivity contribution in [2.45, 2.75) is 6.04 Å². The van der Waals surface area contributed by atoms with E-state index < -0.39 is 0 Å². The minimum Gasteiger partial charge on any atom is -0.383 e. The van der Waals surface area contributed by atoms with Crippen LogP contribution in [0.2, 0.25) is 0 Å². The highest BCUT2D eigenvalue weighted by Gasteiger charge is 2.15. The fourth-order valence-electron chi connectivity index (χ4n) is 2.46. The summed E-state index contributed by atoms with van der Waals surface area (Å²) in [6, 6.07) is 0.253. The van der Waals surface area contributed by atoms with Crippen LogP contribution < -0.4 is 10.9 Å². The van der Waals surface area contributed by atoms with Crippen molar-refractivity contribution in [1.82, 2.24) is 20.3 Å². The zero-order valence-electron chi connectivity index (χ0n) is 13.4. The number of hydrazine groups is 1. The first-order valence-corrected chi connectivity index (χ1v) is 7.59. The van der Waals surface area contributed by atoms with E-state index in [1.807, 2.05) is 6.08 Å². The Balaban J connectivity index is 1.74. The van der Waals surface area contributed by atoms with Crippen LogP contribution in [0, 0.1) is 0 Å². The quantitative estimate of drug-likeness (QED) is 0.864. The topological polar surface area (TPSA) is 62.3 Å². The van der Waals surface area contributed by atoms with Gasteiger partial charge in [0.15, 0.2) is 5.82 Å². The SMILES string of the molecule is COCCN(C)C1C=CC=C(C2=Cc3nccnc3NN2)C=C1. The van der Waals surface area contributed by atoms with Gasteiger partial charge in [0, 0.05) is 32.1 Å². The maximum atomic E-state index is 5.14. The molecule has 120 valence electrons. The second-order valence-electron chi connectivity index (χ2n) is 5.43. The highest BCUT2D eigenvalue weighted by molar-refractivity contribution is 5.69. The molecule has 1 aliphatic heterocycles. The van der Waals surface area contributed by atoms with Crippen LogP contribution in [0.5, 0.6) is 0 Å². The van der Waals surface area contributed by atoms with Crippen molar-refractivity contribution in [2.75, 3.05) is 32.7 Å². The molecule has 2 aliphatic rings. The Labute approximate surface area is 136 Å². The van der Waals surface area contributed by atoms with Gasteiger partial charge in [0.25, 0.3) is 0 Å². The first-order valence-electron chi connectivity index (χ1n) is 7.59. The summed E-state index contributed by atoms with van der Waals surface area (Å²) >= 11 is 0. The Bertz CT molecular complexity index is 677. The lowest BCUT2D eigenvalue weighted by Crippen LogP contribution is -2.31. The molecular weight excluding hydrogens is 290 g/mol. The summed E-state index contributed by atoms with van der Waals surface area (Å²) in [6.07, 6.45) is 16.0. The lowest BCUT2D eigenvalue weighted by molar-refractivity contribution is 0.157. The lowest BCUT2D eigenvalue weighted by Gasteiger charge is -2.22. The van der Waals surface area contributed by atoms with Gasteiger partial charge in [0.1, 0.15) is 5.69 Å². The van der Waals surface area contributed by atoms with Crippen LogP contribution in [-0.4, -0.2) is 48.2 Å². The van der Waals surface area contributed by atoms with Gasteiger partial charge >= 0.3 is 0 Å². The molecule has 1 aromatic heterocycles.